The molecule has 0 aromatic heterocycles. The van der Waals surface area contributed by atoms with E-state index in [4.69, 9.17) is 0 Å². The molecule has 1 aliphatic heterocycles. The molecule has 0 bridgehead atoms. The summed E-state index contributed by atoms with van der Waals surface area (Å²) in [6.07, 6.45) is 2.23. The summed E-state index contributed by atoms with van der Waals surface area (Å²) in [5.74, 6) is 0.494. The van der Waals surface area contributed by atoms with Gasteiger partial charge in [-0.05, 0) is 55.9 Å². The molecule has 1 atom stereocenters. The highest BCUT2D eigenvalue weighted by atomic mass is 16.2. The number of benzene rings is 1. The number of carbonyl (C=O) groups excluding carboxylic acids is 2. The lowest BCUT2D eigenvalue weighted by Gasteiger charge is -2.33. The molecule has 0 radical (unpaired) electrons. The molecular formula is C18H26N2O2. The molecule has 1 unspecified atom stereocenters. The molecule has 4 heteroatoms. The predicted molar refractivity (Wildman–Crippen MR) is 88.9 cm³/mol. The molecule has 2 rings (SSSR count). The Hall–Kier alpha value is -1.84. The fourth-order valence-corrected chi connectivity index (χ4v) is 3.14. The van der Waals surface area contributed by atoms with Gasteiger partial charge in [0.15, 0.2) is 0 Å². The number of rotatable bonds is 3. The van der Waals surface area contributed by atoms with E-state index in [0.717, 1.165) is 36.3 Å². The summed E-state index contributed by atoms with van der Waals surface area (Å²) in [5, 5.41) is 0. The second-order valence-corrected chi connectivity index (χ2v) is 6.54. The van der Waals surface area contributed by atoms with Gasteiger partial charge >= 0.3 is 0 Å². The van der Waals surface area contributed by atoms with Crippen LogP contribution in [-0.4, -0.2) is 36.3 Å². The Morgan fingerprint density at radius 3 is 2.41 bits per heavy atom. The summed E-state index contributed by atoms with van der Waals surface area (Å²) in [7, 11) is 0. The summed E-state index contributed by atoms with van der Waals surface area (Å²) in [5.41, 5.74) is 3.00. The number of likely N-dealkylation sites (tertiary alicyclic amines) is 1. The maximum Gasteiger partial charge on any atom is 0.242 e. The van der Waals surface area contributed by atoms with Gasteiger partial charge in [0.25, 0.3) is 0 Å². The number of hydrogen-bond donors (Lipinski definition) is 0. The lowest BCUT2D eigenvalue weighted by molar-refractivity contribution is -0.132. The van der Waals surface area contributed by atoms with Crippen LogP contribution in [0.25, 0.3) is 0 Å². The first kappa shape index (κ1) is 16.5. The van der Waals surface area contributed by atoms with Crippen molar-refractivity contribution in [1.82, 2.24) is 4.90 Å². The molecule has 4 nitrogen and oxygen atoms in total. The Kier molecular flexibility index (Phi) is 5.22. The number of aryl methyl sites for hydroxylation is 2. The molecule has 0 spiro atoms. The minimum absolute atomic E-state index is 0.0425. The van der Waals surface area contributed by atoms with Crippen molar-refractivity contribution >= 4 is 17.5 Å². The Morgan fingerprint density at radius 2 is 1.86 bits per heavy atom. The van der Waals surface area contributed by atoms with Crippen molar-refractivity contribution in [1.29, 1.82) is 0 Å². The monoisotopic (exact) mass is 302 g/mol. The largest absolute Gasteiger partial charge is 0.341 e. The van der Waals surface area contributed by atoms with Crippen molar-refractivity contribution in [3.05, 3.63) is 29.3 Å². The van der Waals surface area contributed by atoms with Crippen LogP contribution in [0.15, 0.2) is 18.2 Å². The van der Waals surface area contributed by atoms with Crippen LogP contribution in [0.2, 0.25) is 0 Å². The van der Waals surface area contributed by atoms with Crippen molar-refractivity contribution in [2.75, 3.05) is 24.5 Å². The van der Waals surface area contributed by atoms with Gasteiger partial charge in [-0.15, -0.1) is 0 Å². The third-order valence-electron chi connectivity index (χ3n) is 4.20. The fraction of sp³-hybridized carbons (Fsp3) is 0.556. The Balaban J connectivity index is 2.15. The molecule has 1 aliphatic rings. The molecule has 2 amide bonds. The minimum Gasteiger partial charge on any atom is -0.341 e. The SMILES string of the molecule is CC(=O)N(CC(=O)N1CCCC(C)C1)c1cc(C)cc(C)c1. The molecule has 1 aromatic carbocycles. The van der Waals surface area contributed by atoms with Crippen LogP contribution in [0.5, 0.6) is 0 Å². The lowest BCUT2D eigenvalue weighted by Crippen LogP contribution is -2.46. The zero-order valence-corrected chi connectivity index (χ0v) is 14.1. The van der Waals surface area contributed by atoms with Crippen LogP contribution in [0.4, 0.5) is 5.69 Å². The normalized spacial score (nSPS) is 18.2. The third kappa shape index (κ3) is 4.09. The van der Waals surface area contributed by atoms with E-state index < -0.39 is 0 Å². The highest BCUT2D eigenvalue weighted by Crippen LogP contribution is 2.20. The molecule has 1 saturated heterocycles. The van der Waals surface area contributed by atoms with E-state index in [1.165, 1.54) is 13.3 Å². The molecule has 1 aromatic rings. The second kappa shape index (κ2) is 6.95. The average molecular weight is 302 g/mol. The van der Waals surface area contributed by atoms with E-state index in [1.807, 2.05) is 30.9 Å². The molecule has 120 valence electrons. The van der Waals surface area contributed by atoms with E-state index in [9.17, 15) is 9.59 Å². The van der Waals surface area contributed by atoms with Crippen molar-refractivity contribution in [3.63, 3.8) is 0 Å². The average Bonchev–Trinajstić information content (AvgIpc) is 2.43. The number of anilines is 1. The van der Waals surface area contributed by atoms with Gasteiger partial charge in [-0.3, -0.25) is 9.59 Å². The van der Waals surface area contributed by atoms with Crippen molar-refractivity contribution < 1.29 is 9.59 Å². The molecule has 22 heavy (non-hydrogen) atoms. The quantitative estimate of drug-likeness (QED) is 0.861. The van der Waals surface area contributed by atoms with Gasteiger partial charge < -0.3 is 9.80 Å². The zero-order valence-electron chi connectivity index (χ0n) is 14.1. The van der Waals surface area contributed by atoms with Gasteiger partial charge in [0.1, 0.15) is 6.54 Å². The van der Waals surface area contributed by atoms with Crippen LogP contribution in [0.1, 0.15) is 37.8 Å². The highest BCUT2D eigenvalue weighted by molar-refractivity contribution is 5.97. The lowest BCUT2D eigenvalue weighted by atomic mass is 10.0. The first-order valence-corrected chi connectivity index (χ1v) is 8.01. The first-order chi connectivity index (χ1) is 10.4. The number of nitrogens with zero attached hydrogens (tertiary/aromatic N) is 2. The summed E-state index contributed by atoms with van der Waals surface area (Å²) in [4.78, 5) is 28.0. The third-order valence-corrected chi connectivity index (χ3v) is 4.20. The Bertz CT molecular complexity index is 548. The summed E-state index contributed by atoms with van der Waals surface area (Å²) in [6.45, 7) is 9.44. The summed E-state index contributed by atoms with van der Waals surface area (Å²) < 4.78 is 0. The van der Waals surface area contributed by atoms with E-state index in [0.29, 0.717) is 5.92 Å². The Morgan fingerprint density at radius 1 is 1.23 bits per heavy atom. The van der Waals surface area contributed by atoms with Crippen LogP contribution in [0.3, 0.4) is 0 Å². The molecule has 1 heterocycles. The number of piperidine rings is 1. The van der Waals surface area contributed by atoms with Crippen LogP contribution < -0.4 is 4.90 Å². The van der Waals surface area contributed by atoms with Crippen LogP contribution >= 0.6 is 0 Å². The summed E-state index contributed by atoms with van der Waals surface area (Å²) in [6, 6.07) is 5.98. The first-order valence-electron chi connectivity index (χ1n) is 8.01. The summed E-state index contributed by atoms with van der Waals surface area (Å²) >= 11 is 0. The molecule has 0 saturated carbocycles. The standard InChI is InChI=1S/C18H26N2O2/c1-13-6-5-7-19(11-13)18(22)12-20(16(4)21)17-9-14(2)8-15(3)10-17/h8-10,13H,5-7,11-12H2,1-4H3. The van der Waals surface area contributed by atoms with Gasteiger partial charge in [-0.1, -0.05) is 13.0 Å². The van der Waals surface area contributed by atoms with E-state index >= 15 is 0 Å². The van der Waals surface area contributed by atoms with Crippen LogP contribution in [0, 0.1) is 19.8 Å². The minimum atomic E-state index is -0.0941. The highest BCUT2D eigenvalue weighted by Gasteiger charge is 2.24. The zero-order chi connectivity index (χ0) is 16.3. The van der Waals surface area contributed by atoms with E-state index in [2.05, 4.69) is 13.0 Å². The van der Waals surface area contributed by atoms with Gasteiger partial charge in [0.05, 0.1) is 0 Å². The molecule has 0 N–H and O–H groups in total. The van der Waals surface area contributed by atoms with Crippen LogP contribution in [-0.2, 0) is 9.59 Å². The predicted octanol–water partition coefficient (Wildman–Crippen LogP) is 2.91. The van der Waals surface area contributed by atoms with Gasteiger partial charge in [-0.2, -0.15) is 0 Å². The Labute approximate surface area is 133 Å². The van der Waals surface area contributed by atoms with Gasteiger partial charge in [-0.25, -0.2) is 0 Å². The second-order valence-electron chi connectivity index (χ2n) is 6.54. The fourth-order valence-electron chi connectivity index (χ4n) is 3.14. The molecular weight excluding hydrogens is 276 g/mol. The smallest absolute Gasteiger partial charge is 0.242 e. The van der Waals surface area contributed by atoms with Crippen molar-refractivity contribution in [2.24, 2.45) is 5.92 Å². The molecule has 0 aliphatic carbocycles. The number of amides is 2. The van der Waals surface area contributed by atoms with Gasteiger partial charge in [0.2, 0.25) is 11.8 Å². The van der Waals surface area contributed by atoms with E-state index in [1.54, 1.807) is 4.90 Å². The van der Waals surface area contributed by atoms with Gasteiger partial charge in [0, 0.05) is 25.7 Å². The van der Waals surface area contributed by atoms with E-state index in [-0.39, 0.29) is 18.4 Å². The molecule has 1 fully saturated rings. The topological polar surface area (TPSA) is 40.6 Å². The maximum absolute atomic E-state index is 12.5. The number of hydrogen-bond acceptors (Lipinski definition) is 2. The van der Waals surface area contributed by atoms with Crippen molar-refractivity contribution in [2.45, 2.75) is 40.5 Å². The van der Waals surface area contributed by atoms with Crippen molar-refractivity contribution in [3.8, 4) is 0 Å². The maximum atomic E-state index is 12.5. The number of carbonyl (C=O) groups is 2.